The molecule has 0 aromatic carbocycles. The zero-order chi connectivity index (χ0) is 21.6. The van der Waals surface area contributed by atoms with Crippen LogP contribution in [0.15, 0.2) is 0 Å². The molecule has 0 heterocycles. The maximum Gasteiger partial charge on any atom is 0.303 e. The lowest BCUT2D eigenvalue weighted by Crippen LogP contribution is -2.01. The van der Waals surface area contributed by atoms with E-state index in [0.29, 0.717) is 12.8 Å². The predicted octanol–water partition coefficient (Wildman–Crippen LogP) is 6.82. The van der Waals surface area contributed by atoms with Crippen molar-refractivity contribution in [3.8, 4) is 11.8 Å². The first-order valence-electron chi connectivity index (χ1n) is 11.2. The van der Waals surface area contributed by atoms with Crippen molar-refractivity contribution in [1.29, 1.82) is 0 Å². The number of thioether (sulfide) groups is 2. The highest BCUT2D eigenvalue weighted by Gasteiger charge is 2.08. The summed E-state index contributed by atoms with van der Waals surface area (Å²) in [5.74, 6) is 6.62. The van der Waals surface area contributed by atoms with Crippen molar-refractivity contribution in [2.75, 3.05) is 11.5 Å². The molecule has 0 saturated carbocycles. The number of hydrogen-bond donors (Lipinski definition) is 2. The minimum absolute atomic E-state index is 0.112. The Hall–Kier alpha value is -0.800. The van der Waals surface area contributed by atoms with E-state index in [1.165, 1.54) is 57.8 Å². The summed E-state index contributed by atoms with van der Waals surface area (Å²) in [7, 11) is 0. The SMILES string of the molecule is CCCCCCCCCCCCC#CC(SCCCC(=O)O)SCCCC(=O)O. The Morgan fingerprint density at radius 3 is 1.62 bits per heavy atom. The van der Waals surface area contributed by atoms with Crippen LogP contribution in [0.25, 0.3) is 0 Å². The summed E-state index contributed by atoms with van der Waals surface area (Å²) in [5.41, 5.74) is 0. The maximum absolute atomic E-state index is 10.6. The van der Waals surface area contributed by atoms with E-state index in [4.69, 9.17) is 10.2 Å². The fourth-order valence-corrected chi connectivity index (χ4v) is 5.16. The van der Waals surface area contributed by atoms with Gasteiger partial charge < -0.3 is 10.2 Å². The Kier molecular flexibility index (Phi) is 21.3. The van der Waals surface area contributed by atoms with Crippen LogP contribution in [-0.4, -0.2) is 38.2 Å². The Bertz CT molecular complexity index is 449. The third-order valence-electron chi connectivity index (χ3n) is 4.48. The van der Waals surface area contributed by atoms with Crippen molar-refractivity contribution in [3.05, 3.63) is 0 Å². The average Bonchev–Trinajstić information content (AvgIpc) is 2.68. The van der Waals surface area contributed by atoms with E-state index in [0.717, 1.165) is 24.3 Å². The van der Waals surface area contributed by atoms with E-state index in [-0.39, 0.29) is 17.4 Å². The summed E-state index contributed by atoms with van der Waals surface area (Å²) >= 11 is 3.37. The van der Waals surface area contributed by atoms with Crippen LogP contribution in [0.1, 0.15) is 103 Å². The molecule has 0 radical (unpaired) electrons. The molecule has 29 heavy (non-hydrogen) atoms. The highest BCUT2D eigenvalue weighted by atomic mass is 32.2. The van der Waals surface area contributed by atoms with Gasteiger partial charge in [0.15, 0.2) is 0 Å². The molecule has 0 saturated heterocycles. The van der Waals surface area contributed by atoms with Crippen LogP contribution in [0.5, 0.6) is 0 Å². The second-order valence-corrected chi connectivity index (χ2v) is 10.0. The quantitative estimate of drug-likeness (QED) is 0.122. The summed E-state index contributed by atoms with van der Waals surface area (Å²) in [6.07, 6.45) is 15.8. The van der Waals surface area contributed by atoms with E-state index in [1.807, 2.05) is 0 Å². The number of aliphatic carboxylic acids is 2. The molecule has 0 rings (SSSR count). The monoisotopic (exact) mass is 444 g/mol. The Balaban J connectivity index is 3.89. The van der Waals surface area contributed by atoms with Gasteiger partial charge in [0.25, 0.3) is 0 Å². The molecule has 6 heteroatoms. The van der Waals surface area contributed by atoms with Crippen LogP contribution in [0.3, 0.4) is 0 Å². The molecule has 0 aromatic heterocycles. The molecule has 0 aliphatic carbocycles. The Morgan fingerprint density at radius 1 is 0.724 bits per heavy atom. The van der Waals surface area contributed by atoms with Crippen LogP contribution >= 0.6 is 23.5 Å². The molecule has 168 valence electrons. The van der Waals surface area contributed by atoms with Crippen molar-refractivity contribution in [2.24, 2.45) is 0 Å². The molecule has 0 unspecified atom stereocenters. The van der Waals surface area contributed by atoms with E-state index >= 15 is 0 Å². The minimum atomic E-state index is -0.761. The molecule has 2 N–H and O–H groups in total. The van der Waals surface area contributed by atoms with Crippen LogP contribution < -0.4 is 0 Å². The van der Waals surface area contributed by atoms with Gasteiger partial charge in [0.2, 0.25) is 0 Å². The summed E-state index contributed by atoms with van der Waals surface area (Å²) in [5, 5.41) is 17.5. The third-order valence-corrected chi connectivity index (χ3v) is 7.19. The average molecular weight is 445 g/mol. The minimum Gasteiger partial charge on any atom is -0.481 e. The van der Waals surface area contributed by atoms with Crippen LogP contribution in [0.2, 0.25) is 0 Å². The van der Waals surface area contributed by atoms with E-state index in [1.54, 1.807) is 23.5 Å². The third kappa shape index (κ3) is 23.3. The summed E-state index contributed by atoms with van der Waals surface area (Å²) < 4.78 is 0.112. The molecule has 4 nitrogen and oxygen atoms in total. The lowest BCUT2D eigenvalue weighted by Gasteiger charge is -2.09. The summed E-state index contributed by atoms with van der Waals surface area (Å²) in [6, 6.07) is 0. The molecule has 0 aliphatic rings. The predicted molar refractivity (Wildman–Crippen MR) is 127 cm³/mol. The first kappa shape index (κ1) is 28.2. The highest BCUT2D eigenvalue weighted by molar-refractivity contribution is 8.17. The number of hydrogen-bond acceptors (Lipinski definition) is 4. The Morgan fingerprint density at radius 2 is 1.17 bits per heavy atom. The fourth-order valence-electron chi connectivity index (χ4n) is 2.82. The first-order chi connectivity index (χ1) is 14.1. The van der Waals surface area contributed by atoms with Gasteiger partial charge in [-0.3, -0.25) is 9.59 Å². The second-order valence-electron chi connectivity index (χ2n) is 7.32. The van der Waals surface area contributed by atoms with Gasteiger partial charge in [0.1, 0.15) is 4.58 Å². The van der Waals surface area contributed by atoms with Crippen molar-refractivity contribution in [1.82, 2.24) is 0 Å². The van der Waals surface area contributed by atoms with Crippen LogP contribution in [0, 0.1) is 11.8 Å². The molecule has 0 aromatic rings. The zero-order valence-electron chi connectivity index (χ0n) is 18.1. The van der Waals surface area contributed by atoms with E-state index in [9.17, 15) is 9.59 Å². The van der Waals surface area contributed by atoms with Crippen molar-refractivity contribution >= 4 is 35.5 Å². The maximum atomic E-state index is 10.6. The normalized spacial score (nSPS) is 10.7. The first-order valence-corrected chi connectivity index (χ1v) is 13.3. The Labute approximate surface area is 186 Å². The molecule has 0 aliphatic heterocycles. The van der Waals surface area contributed by atoms with Crippen LogP contribution in [-0.2, 0) is 9.59 Å². The molecule has 0 atom stereocenters. The van der Waals surface area contributed by atoms with Crippen LogP contribution in [0.4, 0.5) is 0 Å². The lowest BCUT2D eigenvalue weighted by atomic mass is 10.1. The number of carboxylic acids is 2. The summed E-state index contributed by atoms with van der Waals surface area (Å²) in [6.45, 7) is 2.25. The topological polar surface area (TPSA) is 74.6 Å². The van der Waals surface area contributed by atoms with Gasteiger partial charge in [-0.25, -0.2) is 0 Å². The van der Waals surface area contributed by atoms with Gasteiger partial charge in [0, 0.05) is 19.3 Å². The van der Waals surface area contributed by atoms with Crippen molar-refractivity contribution in [3.63, 3.8) is 0 Å². The van der Waals surface area contributed by atoms with Gasteiger partial charge >= 0.3 is 11.9 Å². The number of rotatable bonds is 20. The number of carboxylic acid groups (broad SMARTS) is 2. The standard InChI is InChI=1S/C23H40O4S2/c1-2-3-4-5-6-7-8-9-10-11-12-13-18-23(28-19-14-16-21(24)25)29-20-15-17-22(26)27/h23H,2-12,14-17,19-20H2,1H3,(H,24,25)(H,26,27). The number of carbonyl (C=O) groups is 2. The molecular weight excluding hydrogens is 404 g/mol. The highest BCUT2D eigenvalue weighted by Crippen LogP contribution is 2.25. The van der Waals surface area contributed by atoms with Crippen molar-refractivity contribution in [2.45, 2.75) is 108 Å². The van der Waals surface area contributed by atoms with Gasteiger partial charge in [-0.2, -0.15) is 0 Å². The smallest absolute Gasteiger partial charge is 0.303 e. The van der Waals surface area contributed by atoms with Gasteiger partial charge in [0.05, 0.1) is 0 Å². The molecule has 0 fully saturated rings. The molecule has 0 bridgehead atoms. The zero-order valence-corrected chi connectivity index (χ0v) is 19.8. The van der Waals surface area contributed by atoms with Crippen molar-refractivity contribution < 1.29 is 19.8 Å². The lowest BCUT2D eigenvalue weighted by molar-refractivity contribution is -0.138. The van der Waals surface area contributed by atoms with Gasteiger partial charge in [-0.15, -0.1) is 29.4 Å². The molecular formula is C23H40O4S2. The molecule has 0 spiro atoms. The molecule has 0 amide bonds. The fraction of sp³-hybridized carbons (Fsp3) is 0.826. The van der Waals surface area contributed by atoms with Gasteiger partial charge in [-0.05, 0) is 30.8 Å². The van der Waals surface area contributed by atoms with Gasteiger partial charge in [-0.1, -0.05) is 70.6 Å². The van der Waals surface area contributed by atoms with E-state index < -0.39 is 11.9 Å². The summed E-state index contributed by atoms with van der Waals surface area (Å²) in [4.78, 5) is 21.2. The number of unbranched alkanes of at least 4 members (excludes halogenated alkanes) is 10. The van der Waals surface area contributed by atoms with E-state index in [2.05, 4.69) is 18.8 Å². The second kappa shape index (κ2) is 21.9. The largest absolute Gasteiger partial charge is 0.481 e.